The van der Waals surface area contributed by atoms with Gasteiger partial charge in [-0.25, -0.2) is 9.97 Å². The molecule has 11 heteroatoms. The van der Waals surface area contributed by atoms with Gasteiger partial charge >= 0.3 is 0 Å². The number of carbonyl (C=O) groups is 2. The number of oxazole rings is 2. The zero-order chi connectivity index (χ0) is 37.3. The molecule has 3 aromatic heterocycles. The number of nitrogens with zero attached hydrogens (tertiary/aromatic N) is 3. The van der Waals surface area contributed by atoms with Gasteiger partial charge in [-0.15, -0.1) is 0 Å². The highest BCUT2D eigenvalue weighted by Crippen LogP contribution is 2.61. The summed E-state index contributed by atoms with van der Waals surface area (Å²) < 4.78 is 22.7. The largest absolute Gasteiger partial charge is 0.469 e. The fourth-order valence-corrected chi connectivity index (χ4v) is 9.28. The number of ether oxygens (including phenoxy) is 1. The van der Waals surface area contributed by atoms with Gasteiger partial charge in [-0.1, -0.05) is 70.2 Å². The van der Waals surface area contributed by atoms with Crippen molar-refractivity contribution in [2.75, 3.05) is 5.32 Å². The van der Waals surface area contributed by atoms with Crippen LogP contribution in [0.4, 0.5) is 5.69 Å². The van der Waals surface area contributed by atoms with E-state index >= 15 is 0 Å². The summed E-state index contributed by atoms with van der Waals surface area (Å²) in [5, 5.41) is 19.2. The van der Waals surface area contributed by atoms with Gasteiger partial charge in [0, 0.05) is 64.4 Å². The van der Waals surface area contributed by atoms with Crippen molar-refractivity contribution in [2.45, 2.75) is 76.7 Å². The molecular formula is C43H41N5O6. The molecule has 4 unspecified atom stereocenters. The van der Waals surface area contributed by atoms with Crippen LogP contribution < -0.4 is 15.4 Å². The molecule has 0 fully saturated rings. The average molecular weight is 724 g/mol. The fourth-order valence-electron chi connectivity index (χ4n) is 9.28. The Bertz CT molecular complexity index is 2560. The van der Waals surface area contributed by atoms with Crippen LogP contribution in [0, 0.1) is 11.8 Å². The minimum atomic E-state index is -1.50. The number of carbonyl (C=O) groups excluding carboxylic acids is 2. The summed E-state index contributed by atoms with van der Waals surface area (Å²) in [5.41, 5.74) is 5.47. The predicted octanol–water partition coefficient (Wildman–Crippen LogP) is 7.44. The van der Waals surface area contributed by atoms with Crippen LogP contribution in [0.15, 0.2) is 75.8 Å². The Kier molecular flexibility index (Phi) is 6.96. The lowest BCUT2D eigenvalue weighted by molar-refractivity contribution is -0.141. The number of rotatable bonds is 6. The number of Topliss-reactive ketones (excluding diaryl/α,β-unsaturated/α-hetero) is 1. The van der Waals surface area contributed by atoms with Gasteiger partial charge in [0.1, 0.15) is 22.8 Å². The maximum Gasteiger partial charge on any atom is 0.249 e. The number of fused-ring (bicyclic) bond motifs is 7. The molecule has 3 N–H and O–H groups in total. The molecule has 4 aliphatic heterocycles. The molecule has 10 rings (SSSR count). The first-order valence-corrected chi connectivity index (χ1v) is 18.9. The second kappa shape index (κ2) is 11.4. The molecule has 0 saturated carbocycles. The Morgan fingerprint density at radius 3 is 2.63 bits per heavy atom. The number of amides is 1. The number of hydrogen-bond acceptors (Lipinski definition) is 9. The van der Waals surface area contributed by atoms with Crippen molar-refractivity contribution in [3.63, 3.8) is 0 Å². The zero-order valence-electron chi connectivity index (χ0n) is 30.8. The van der Waals surface area contributed by atoms with Crippen molar-refractivity contribution < 1.29 is 28.3 Å². The van der Waals surface area contributed by atoms with Crippen LogP contribution in [-0.2, 0) is 28.5 Å². The number of aliphatic hydroxyl groups is 1. The summed E-state index contributed by atoms with van der Waals surface area (Å²) in [5.74, 6) is 0.807. The van der Waals surface area contributed by atoms with Gasteiger partial charge in [-0.3, -0.25) is 9.59 Å². The lowest BCUT2D eigenvalue weighted by Crippen LogP contribution is -2.43. The molecule has 4 atom stereocenters. The first-order valence-electron chi connectivity index (χ1n) is 18.9. The molecule has 0 aliphatic carbocycles. The van der Waals surface area contributed by atoms with E-state index in [-0.39, 0.29) is 49.2 Å². The van der Waals surface area contributed by atoms with E-state index in [1.165, 1.54) is 0 Å². The Morgan fingerprint density at radius 1 is 1.04 bits per heavy atom. The summed E-state index contributed by atoms with van der Waals surface area (Å²) in [6, 6.07) is 18.0. The van der Waals surface area contributed by atoms with E-state index in [0.29, 0.717) is 28.9 Å². The molecule has 4 aliphatic rings. The van der Waals surface area contributed by atoms with Crippen LogP contribution in [0.3, 0.4) is 0 Å². The Balaban J connectivity index is 1.27. The smallest absolute Gasteiger partial charge is 0.249 e. The summed E-state index contributed by atoms with van der Waals surface area (Å²) >= 11 is 0. The van der Waals surface area contributed by atoms with Crippen molar-refractivity contribution >= 4 is 28.3 Å². The van der Waals surface area contributed by atoms with E-state index in [1.807, 2.05) is 33.0 Å². The summed E-state index contributed by atoms with van der Waals surface area (Å²) in [6.45, 7) is 7.58. The zero-order valence-corrected chi connectivity index (χ0v) is 30.8. The van der Waals surface area contributed by atoms with Crippen molar-refractivity contribution in [2.24, 2.45) is 18.9 Å². The Labute approximate surface area is 311 Å². The fraction of sp³-hybridized carbons (Fsp3) is 0.349. The molecular weight excluding hydrogens is 683 g/mol. The van der Waals surface area contributed by atoms with Crippen molar-refractivity contribution in [3.05, 3.63) is 95.3 Å². The Morgan fingerprint density at radius 2 is 1.83 bits per heavy atom. The monoisotopic (exact) mass is 723 g/mol. The predicted molar refractivity (Wildman–Crippen MR) is 202 cm³/mol. The van der Waals surface area contributed by atoms with Gasteiger partial charge in [0.2, 0.25) is 17.7 Å². The number of hydrogen-bond donors (Lipinski definition) is 3. The van der Waals surface area contributed by atoms with Crippen LogP contribution in [0.1, 0.15) is 81.3 Å². The van der Waals surface area contributed by atoms with Crippen LogP contribution in [0.25, 0.3) is 44.9 Å². The van der Waals surface area contributed by atoms with Crippen LogP contribution in [0.5, 0.6) is 5.75 Å². The van der Waals surface area contributed by atoms with E-state index in [9.17, 15) is 14.7 Å². The summed E-state index contributed by atoms with van der Waals surface area (Å²) in [4.78, 5) is 38.0. The highest BCUT2D eigenvalue weighted by molar-refractivity contribution is 6.08. The average Bonchev–Trinajstić information content (AvgIpc) is 3.99. The number of benzene rings is 3. The van der Waals surface area contributed by atoms with Crippen LogP contribution >= 0.6 is 0 Å². The van der Waals surface area contributed by atoms with Gasteiger partial charge in [0.15, 0.2) is 29.2 Å². The SMILES string of the molecule is CCC(O)(CC)C(=O)CC1Cc2ccc3c(c2)C24c5cccc(c5NC2O3)-c2cccc3c2c(cn3C)-c2cnc(o2)-c2nc(oc24)C(C(C)C)NC1=O. The molecule has 3 aromatic carbocycles. The van der Waals surface area contributed by atoms with Crippen molar-refractivity contribution in [3.8, 4) is 39.8 Å². The molecule has 0 saturated heterocycles. The highest BCUT2D eigenvalue weighted by Gasteiger charge is 2.61. The van der Waals surface area contributed by atoms with E-state index in [0.717, 1.165) is 50.0 Å². The van der Waals surface area contributed by atoms with Gasteiger partial charge < -0.3 is 33.9 Å². The Hall–Kier alpha value is -5.68. The minimum Gasteiger partial charge on any atom is -0.469 e. The minimum absolute atomic E-state index is 0.114. The quantitative estimate of drug-likeness (QED) is 0.160. The van der Waals surface area contributed by atoms with Crippen molar-refractivity contribution in [1.82, 2.24) is 19.9 Å². The second-order valence-electron chi connectivity index (χ2n) is 15.6. The third-order valence-corrected chi connectivity index (χ3v) is 12.4. The lowest BCUT2D eigenvalue weighted by Gasteiger charge is -2.29. The van der Waals surface area contributed by atoms with Crippen LogP contribution in [0.2, 0.25) is 0 Å². The molecule has 0 radical (unpaired) electrons. The van der Waals surface area contributed by atoms with E-state index in [1.54, 1.807) is 20.0 Å². The summed E-state index contributed by atoms with van der Waals surface area (Å²) in [7, 11) is 2.03. The topological polar surface area (TPSA) is 145 Å². The lowest BCUT2D eigenvalue weighted by atomic mass is 9.72. The maximum absolute atomic E-state index is 14.3. The molecule has 11 nitrogen and oxygen atoms in total. The van der Waals surface area contributed by atoms with Gasteiger partial charge in [0.25, 0.3) is 0 Å². The van der Waals surface area contributed by atoms with Crippen LogP contribution in [-0.4, -0.2) is 43.2 Å². The first-order chi connectivity index (χ1) is 26.0. The molecule has 6 aromatic rings. The molecule has 10 bridgehead atoms. The second-order valence-corrected chi connectivity index (χ2v) is 15.6. The van der Waals surface area contributed by atoms with Gasteiger partial charge in [-0.05, 0) is 48.4 Å². The maximum atomic E-state index is 14.3. The highest BCUT2D eigenvalue weighted by atomic mass is 16.5. The summed E-state index contributed by atoms with van der Waals surface area (Å²) in [6.07, 6.45) is 3.88. The standard InChI is InChI=1S/C43H41N5O6/c1-6-42(51,7-2)32(49)18-23-16-22-14-15-30-28(17-22)43-27-12-8-11-25(35(27)47-41(43)53-30)24-10-9-13-29-33(24)26(20-48(29)5)31-19-44-39(52-31)36-37(43)54-40(46-36)34(21(3)4)45-38(23)50/h8-15,17,19-21,23,34,41,47,51H,6-7,16,18H2,1-5H3,(H,45,50). The van der Waals surface area contributed by atoms with E-state index in [2.05, 4.69) is 63.9 Å². The van der Waals surface area contributed by atoms with E-state index < -0.39 is 29.2 Å². The molecule has 1 amide bonds. The normalized spacial score (nSPS) is 21.9. The number of anilines is 1. The van der Waals surface area contributed by atoms with Crippen molar-refractivity contribution in [1.29, 1.82) is 0 Å². The third-order valence-electron chi connectivity index (χ3n) is 12.4. The third kappa shape index (κ3) is 4.32. The first kappa shape index (κ1) is 32.9. The number of nitrogens with one attached hydrogen (secondary N) is 2. The molecule has 1 spiro atoms. The molecule has 54 heavy (non-hydrogen) atoms. The number of aryl methyl sites for hydroxylation is 1. The number of ketones is 1. The van der Waals surface area contributed by atoms with Gasteiger partial charge in [-0.2, -0.15) is 0 Å². The van der Waals surface area contributed by atoms with E-state index in [4.69, 9.17) is 23.5 Å². The number of aromatic nitrogens is 3. The van der Waals surface area contributed by atoms with Gasteiger partial charge in [0.05, 0.1) is 6.20 Å². The molecule has 274 valence electrons. The number of para-hydroxylation sites is 1. The molecule has 7 heterocycles.